The van der Waals surface area contributed by atoms with Crippen molar-refractivity contribution in [2.24, 2.45) is 5.41 Å². The number of hydrogen-bond acceptors (Lipinski definition) is 3. The lowest BCUT2D eigenvalue weighted by atomic mass is 9.74. The topological polar surface area (TPSA) is 50.9 Å². The normalized spacial score (nSPS) is 31.6. The second kappa shape index (κ2) is 3.35. The fraction of sp³-hybridized carbons (Fsp3) is 0.800. The minimum atomic E-state index is -0.273. The van der Waals surface area contributed by atoms with Gasteiger partial charge in [0, 0.05) is 0 Å². The highest BCUT2D eigenvalue weighted by atomic mass is 16.3. The van der Waals surface area contributed by atoms with Crippen LogP contribution in [0.25, 0.3) is 0 Å². The van der Waals surface area contributed by atoms with Gasteiger partial charge in [-0.05, 0) is 24.7 Å². The maximum atomic E-state index is 9.88. The molecule has 14 heavy (non-hydrogen) atoms. The molecule has 1 aliphatic carbocycles. The molecule has 1 saturated carbocycles. The Hall–Kier alpha value is -0.900. The molecule has 2 unspecified atom stereocenters. The van der Waals surface area contributed by atoms with E-state index >= 15 is 0 Å². The first-order valence-corrected chi connectivity index (χ1v) is 5.11. The Morgan fingerprint density at radius 2 is 2.29 bits per heavy atom. The van der Waals surface area contributed by atoms with E-state index in [1.165, 1.54) is 6.33 Å². The Kier molecular flexibility index (Phi) is 2.31. The average Bonchev–Trinajstić information content (AvgIpc) is 2.62. The van der Waals surface area contributed by atoms with Gasteiger partial charge < -0.3 is 5.11 Å². The molecule has 0 spiro atoms. The third kappa shape index (κ3) is 1.80. The van der Waals surface area contributed by atoms with Crippen LogP contribution in [0.2, 0.25) is 0 Å². The minimum Gasteiger partial charge on any atom is -0.391 e. The van der Waals surface area contributed by atoms with Crippen LogP contribution in [0.1, 0.15) is 39.2 Å². The zero-order valence-corrected chi connectivity index (χ0v) is 8.72. The van der Waals surface area contributed by atoms with Crippen molar-refractivity contribution in [3.05, 3.63) is 12.7 Å². The molecule has 1 aromatic heterocycles. The van der Waals surface area contributed by atoms with Crippen LogP contribution >= 0.6 is 0 Å². The number of hydrogen-bond donors (Lipinski definition) is 1. The Bertz CT molecular complexity index is 294. The van der Waals surface area contributed by atoms with Gasteiger partial charge in [-0.25, -0.2) is 9.67 Å². The van der Waals surface area contributed by atoms with E-state index in [0.717, 1.165) is 19.3 Å². The summed E-state index contributed by atoms with van der Waals surface area (Å²) in [6, 6.07) is 0.0984. The van der Waals surface area contributed by atoms with Crippen molar-refractivity contribution >= 4 is 0 Å². The van der Waals surface area contributed by atoms with Crippen LogP contribution in [0.3, 0.4) is 0 Å². The summed E-state index contributed by atoms with van der Waals surface area (Å²) in [5, 5.41) is 14.0. The first-order chi connectivity index (χ1) is 6.58. The van der Waals surface area contributed by atoms with Gasteiger partial charge in [0.25, 0.3) is 0 Å². The molecule has 1 fully saturated rings. The van der Waals surface area contributed by atoms with E-state index in [-0.39, 0.29) is 12.1 Å². The van der Waals surface area contributed by atoms with Crippen LogP contribution in [0.15, 0.2) is 12.7 Å². The molecular formula is C10H17N3O. The maximum Gasteiger partial charge on any atom is 0.137 e. The molecule has 1 N–H and O–H groups in total. The van der Waals surface area contributed by atoms with Crippen molar-refractivity contribution in [2.75, 3.05) is 0 Å². The summed E-state index contributed by atoms with van der Waals surface area (Å²) in [6.45, 7) is 4.48. The molecule has 4 heteroatoms. The molecule has 0 aliphatic heterocycles. The van der Waals surface area contributed by atoms with Crippen molar-refractivity contribution in [1.82, 2.24) is 14.8 Å². The number of aliphatic hydroxyl groups excluding tert-OH is 1. The molecule has 1 aliphatic rings. The van der Waals surface area contributed by atoms with E-state index < -0.39 is 0 Å². The Balaban J connectivity index is 2.17. The summed E-state index contributed by atoms with van der Waals surface area (Å²) in [4.78, 5) is 3.92. The number of rotatable bonds is 1. The van der Waals surface area contributed by atoms with Crippen LogP contribution in [-0.4, -0.2) is 26.0 Å². The zero-order chi connectivity index (χ0) is 10.2. The van der Waals surface area contributed by atoms with Gasteiger partial charge in [0.2, 0.25) is 0 Å². The fourth-order valence-corrected chi connectivity index (χ4v) is 2.19. The highest BCUT2D eigenvalue weighted by Gasteiger charge is 2.35. The summed E-state index contributed by atoms with van der Waals surface area (Å²) < 4.78 is 1.78. The molecule has 78 valence electrons. The standard InChI is InChI=1S/C10H17N3O/c1-10(2)4-3-9(14)8(5-10)13-7-11-6-12-13/h6-9,14H,3-5H2,1-2H3. The van der Waals surface area contributed by atoms with Gasteiger partial charge in [-0.3, -0.25) is 0 Å². The number of aliphatic hydroxyl groups is 1. The Labute approximate surface area is 84.0 Å². The summed E-state index contributed by atoms with van der Waals surface area (Å²) in [6.07, 6.45) is 5.85. The lowest BCUT2D eigenvalue weighted by Crippen LogP contribution is -2.35. The third-order valence-corrected chi connectivity index (χ3v) is 3.10. The fourth-order valence-electron chi connectivity index (χ4n) is 2.19. The highest BCUT2D eigenvalue weighted by molar-refractivity contribution is 4.87. The van der Waals surface area contributed by atoms with Gasteiger partial charge in [-0.15, -0.1) is 0 Å². The van der Waals surface area contributed by atoms with Crippen LogP contribution in [0, 0.1) is 5.41 Å². The molecule has 1 heterocycles. The monoisotopic (exact) mass is 195 g/mol. The van der Waals surface area contributed by atoms with Crippen molar-refractivity contribution < 1.29 is 5.11 Å². The van der Waals surface area contributed by atoms with Crippen LogP contribution in [-0.2, 0) is 0 Å². The molecule has 1 aromatic rings. The van der Waals surface area contributed by atoms with Crippen molar-refractivity contribution in [2.45, 2.75) is 45.3 Å². The van der Waals surface area contributed by atoms with E-state index in [1.807, 2.05) is 0 Å². The first kappa shape index (κ1) is 9.65. The van der Waals surface area contributed by atoms with Crippen molar-refractivity contribution in [1.29, 1.82) is 0 Å². The van der Waals surface area contributed by atoms with Gasteiger partial charge in [0.15, 0.2) is 0 Å². The van der Waals surface area contributed by atoms with E-state index in [0.29, 0.717) is 5.41 Å². The molecular weight excluding hydrogens is 178 g/mol. The molecule has 2 atom stereocenters. The van der Waals surface area contributed by atoms with E-state index in [4.69, 9.17) is 0 Å². The summed E-state index contributed by atoms with van der Waals surface area (Å²) in [7, 11) is 0. The quantitative estimate of drug-likeness (QED) is 0.736. The Morgan fingerprint density at radius 3 is 2.93 bits per heavy atom. The van der Waals surface area contributed by atoms with Gasteiger partial charge in [0.1, 0.15) is 12.7 Å². The van der Waals surface area contributed by atoms with Crippen LogP contribution < -0.4 is 0 Å². The molecule has 0 bridgehead atoms. The second-order valence-corrected chi connectivity index (χ2v) is 4.92. The predicted molar refractivity (Wildman–Crippen MR) is 52.7 cm³/mol. The highest BCUT2D eigenvalue weighted by Crippen LogP contribution is 2.40. The summed E-state index contributed by atoms with van der Waals surface area (Å²) in [5.74, 6) is 0. The Morgan fingerprint density at radius 1 is 1.50 bits per heavy atom. The van der Waals surface area contributed by atoms with Crippen LogP contribution in [0.4, 0.5) is 0 Å². The van der Waals surface area contributed by atoms with E-state index in [1.54, 1.807) is 11.0 Å². The lowest BCUT2D eigenvalue weighted by molar-refractivity contribution is 0.0226. The van der Waals surface area contributed by atoms with Gasteiger partial charge in [-0.1, -0.05) is 13.8 Å². The van der Waals surface area contributed by atoms with Gasteiger partial charge in [-0.2, -0.15) is 5.10 Å². The van der Waals surface area contributed by atoms with E-state index in [9.17, 15) is 5.11 Å². The smallest absolute Gasteiger partial charge is 0.137 e. The molecule has 0 saturated heterocycles. The molecule has 4 nitrogen and oxygen atoms in total. The average molecular weight is 195 g/mol. The van der Waals surface area contributed by atoms with E-state index in [2.05, 4.69) is 23.9 Å². The molecule has 0 amide bonds. The third-order valence-electron chi connectivity index (χ3n) is 3.10. The number of nitrogens with zero attached hydrogens (tertiary/aromatic N) is 3. The maximum absolute atomic E-state index is 9.88. The minimum absolute atomic E-state index is 0.0984. The largest absolute Gasteiger partial charge is 0.391 e. The SMILES string of the molecule is CC1(C)CCC(O)C(n2cncn2)C1. The van der Waals surface area contributed by atoms with Crippen molar-refractivity contribution in [3.8, 4) is 0 Å². The lowest BCUT2D eigenvalue weighted by Gasteiger charge is -2.38. The summed E-state index contributed by atoms with van der Waals surface area (Å²) >= 11 is 0. The molecule has 0 aromatic carbocycles. The second-order valence-electron chi connectivity index (χ2n) is 4.92. The van der Waals surface area contributed by atoms with Gasteiger partial charge >= 0.3 is 0 Å². The van der Waals surface area contributed by atoms with Crippen LogP contribution in [0.5, 0.6) is 0 Å². The zero-order valence-electron chi connectivity index (χ0n) is 8.72. The first-order valence-electron chi connectivity index (χ1n) is 5.11. The molecule has 0 radical (unpaired) electrons. The number of aromatic nitrogens is 3. The van der Waals surface area contributed by atoms with Gasteiger partial charge in [0.05, 0.1) is 12.1 Å². The van der Waals surface area contributed by atoms with Crippen molar-refractivity contribution in [3.63, 3.8) is 0 Å². The molecule has 2 rings (SSSR count). The predicted octanol–water partition coefficient (Wildman–Crippen LogP) is 1.39. The summed E-state index contributed by atoms with van der Waals surface area (Å²) in [5.41, 5.74) is 0.301.